The summed E-state index contributed by atoms with van der Waals surface area (Å²) in [6.07, 6.45) is 0. The fraction of sp³-hybridized carbons (Fsp3) is 0. The maximum absolute atomic E-state index is 9.29. The topological polar surface area (TPSA) is 20.2 Å². The normalized spacial score (nSPS) is 10.5. The van der Waals surface area contributed by atoms with E-state index in [9.17, 15) is 5.11 Å². The lowest BCUT2D eigenvalue weighted by atomic mass is 10.1. The molecule has 0 spiro atoms. The molecule has 0 amide bonds. The Hall–Kier alpha value is -0.900. The highest BCUT2D eigenvalue weighted by Gasteiger charge is 1.97. The van der Waals surface area contributed by atoms with Gasteiger partial charge < -0.3 is 5.11 Å². The Bertz CT molecular complexity index is 463. The number of rotatable bonds is 1. The summed E-state index contributed by atoms with van der Waals surface area (Å²) in [4.78, 5) is 0. The van der Waals surface area contributed by atoms with Crippen molar-refractivity contribution in [2.45, 2.75) is 0 Å². The molecule has 0 aliphatic heterocycles. The van der Waals surface area contributed by atoms with Crippen LogP contribution in [0.25, 0.3) is 10.8 Å². The van der Waals surface area contributed by atoms with Gasteiger partial charge in [-0.1, -0.05) is 37.4 Å². The van der Waals surface area contributed by atoms with Gasteiger partial charge in [-0.3, -0.25) is 0 Å². The van der Waals surface area contributed by atoms with E-state index in [-0.39, 0.29) is 20.7 Å². The van der Waals surface area contributed by atoms with Crippen LogP contribution >= 0.6 is 20.7 Å². The fourth-order valence-corrected chi connectivity index (χ4v) is 2.71. The molecule has 1 N–H and O–H groups in total. The molecule has 2 heteroatoms. The zero-order valence-electron chi connectivity index (χ0n) is 7.00. The Morgan fingerprint density at radius 1 is 1.15 bits per heavy atom. The highest BCUT2D eigenvalue weighted by atomic mass is 127. The van der Waals surface area contributed by atoms with Crippen molar-refractivity contribution in [3.05, 3.63) is 40.0 Å². The fourth-order valence-electron chi connectivity index (χ4n) is 1.35. The molecular weight excluding hydrogens is 275 g/mol. The van der Waals surface area contributed by atoms with Crippen LogP contribution in [0.2, 0.25) is 0 Å². The molecule has 1 nitrogen and oxygen atoms in total. The largest absolute Gasteiger partial charge is 0.508 e. The van der Waals surface area contributed by atoms with Crippen LogP contribution in [0.4, 0.5) is 0 Å². The molecule has 0 aliphatic carbocycles. The number of hydrogen-bond donors (Lipinski definition) is 1. The molecule has 0 heterocycles. The van der Waals surface area contributed by atoms with Crippen molar-refractivity contribution in [3.63, 3.8) is 0 Å². The van der Waals surface area contributed by atoms with Gasteiger partial charge in [0.1, 0.15) is 5.75 Å². The minimum Gasteiger partial charge on any atom is -0.508 e. The van der Waals surface area contributed by atoms with Gasteiger partial charge in [0.05, 0.1) is 0 Å². The van der Waals surface area contributed by atoms with Crippen molar-refractivity contribution in [2.75, 3.05) is 0 Å². The van der Waals surface area contributed by atoms with Crippen molar-refractivity contribution in [1.82, 2.24) is 0 Å². The molecule has 0 aliphatic rings. The Morgan fingerprint density at radius 3 is 2.77 bits per heavy atom. The smallest absolute Gasteiger partial charge is 0.116 e. The first-order valence-corrected chi connectivity index (χ1v) is 6.52. The van der Waals surface area contributed by atoms with Gasteiger partial charge in [0.25, 0.3) is 0 Å². The van der Waals surface area contributed by atoms with Crippen LogP contribution in [0.5, 0.6) is 5.75 Å². The maximum Gasteiger partial charge on any atom is 0.116 e. The van der Waals surface area contributed by atoms with Crippen molar-refractivity contribution < 1.29 is 5.11 Å². The predicted octanol–water partition coefficient (Wildman–Crippen LogP) is 3.12. The first kappa shape index (κ1) is 8.69. The average Bonchev–Trinajstić information content (AvgIpc) is 2.16. The molecule has 0 saturated heterocycles. The minimum atomic E-state index is -0.134. The third-order valence-corrected chi connectivity index (χ3v) is 3.72. The highest BCUT2D eigenvalue weighted by Crippen LogP contribution is 2.25. The summed E-state index contributed by atoms with van der Waals surface area (Å²) in [5, 5.41) is 11.6. The quantitative estimate of drug-likeness (QED) is 0.798. The second-order valence-corrected chi connectivity index (χ2v) is 4.70. The molecular formula is C11H9IO. The first-order valence-electron chi connectivity index (χ1n) is 3.91. The minimum absolute atomic E-state index is 0.134. The first-order chi connectivity index (χ1) is 6.31. The van der Waals surface area contributed by atoms with E-state index in [0.717, 1.165) is 5.39 Å². The van der Waals surface area contributed by atoms with E-state index >= 15 is 0 Å². The summed E-state index contributed by atoms with van der Waals surface area (Å²) >= 11 is -0.134. The van der Waals surface area contributed by atoms with Crippen molar-refractivity contribution in [3.8, 4) is 5.75 Å². The zero-order chi connectivity index (χ0) is 9.26. The van der Waals surface area contributed by atoms with Crippen LogP contribution in [-0.4, -0.2) is 9.62 Å². The number of halogens is 1. The Morgan fingerprint density at radius 2 is 2.00 bits per heavy atom. The Kier molecular flexibility index (Phi) is 2.31. The van der Waals surface area contributed by atoms with E-state index in [1.54, 1.807) is 12.1 Å². The number of benzene rings is 2. The molecule has 2 aromatic rings. The summed E-state index contributed by atoms with van der Waals surface area (Å²) < 4.78 is 5.31. The molecule has 0 radical (unpaired) electrons. The SMILES string of the molecule is C=Ic1cccc2cc(O)ccc12. The third kappa shape index (κ3) is 1.58. The number of phenols is 1. The zero-order valence-corrected chi connectivity index (χ0v) is 9.15. The van der Waals surface area contributed by atoms with E-state index in [4.69, 9.17) is 0 Å². The monoisotopic (exact) mass is 284 g/mol. The van der Waals surface area contributed by atoms with Gasteiger partial charge in [-0.25, -0.2) is 0 Å². The Labute approximate surface area is 86.8 Å². The van der Waals surface area contributed by atoms with Crippen molar-refractivity contribution in [1.29, 1.82) is 0 Å². The second kappa shape index (κ2) is 3.46. The number of hydrogen-bond acceptors (Lipinski definition) is 1. The van der Waals surface area contributed by atoms with Crippen LogP contribution in [0, 0.1) is 3.57 Å². The number of phenolic OH excluding ortho intramolecular Hbond substituents is 1. The summed E-state index contributed by atoms with van der Waals surface area (Å²) in [7, 11) is 0. The molecule has 0 fully saturated rings. The van der Waals surface area contributed by atoms with E-state index in [1.807, 2.05) is 18.2 Å². The molecule has 0 unspecified atom stereocenters. The lowest BCUT2D eigenvalue weighted by Crippen LogP contribution is -1.76. The van der Waals surface area contributed by atoms with Crippen molar-refractivity contribution in [2.24, 2.45) is 0 Å². The third-order valence-electron chi connectivity index (χ3n) is 1.95. The standard InChI is InChI=1S/C11H9IO/c1-12-11-4-2-3-8-7-9(13)5-6-10(8)11/h2-7,13H,1H2. The van der Waals surface area contributed by atoms with E-state index in [1.165, 1.54) is 8.96 Å². The van der Waals surface area contributed by atoms with Gasteiger partial charge in [0.2, 0.25) is 0 Å². The van der Waals surface area contributed by atoms with Crippen LogP contribution < -0.4 is 0 Å². The maximum atomic E-state index is 9.29. The Balaban J connectivity index is 2.84. The number of fused-ring (bicyclic) bond motifs is 1. The van der Waals surface area contributed by atoms with Crippen molar-refractivity contribution >= 4 is 36.0 Å². The lowest BCUT2D eigenvalue weighted by molar-refractivity contribution is 0.476. The van der Waals surface area contributed by atoms with Gasteiger partial charge in [-0.2, -0.15) is 0 Å². The van der Waals surface area contributed by atoms with Crippen LogP contribution in [0.1, 0.15) is 0 Å². The molecule has 0 saturated carbocycles. The molecule has 2 aromatic carbocycles. The number of aromatic hydroxyl groups is 1. The lowest BCUT2D eigenvalue weighted by Gasteiger charge is -2.01. The van der Waals surface area contributed by atoms with Gasteiger partial charge in [0, 0.05) is 3.57 Å². The molecule has 66 valence electrons. The summed E-state index contributed by atoms with van der Waals surface area (Å²) in [5.74, 6) is 0.326. The van der Waals surface area contributed by atoms with Gasteiger partial charge in [0.15, 0.2) is 0 Å². The molecule has 0 atom stereocenters. The van der Waals surface area contributed by atoms with E-state index in [0.29, 0.717) is 5.75 Å². The van der Waals surface area contributed by atoms with Gasteiger partial charge in [-0.15, -0.1) is 0 Å². The van der Waals surface area contributed by atoms with Gasteiger partial charge >= 0.3 is 0 Å². The highest BCUT2D eigenvalue weighted by molar-refractivity contribution is 14.2. The predicted molar refractivity (Wildman–Crippen MR) is 65.5 cm³/mol. The summed E-state index contributed by atoms with van der Waals surface area (Å²) in [6.45, 7) is 0. The van der Waals surface area contributed by atoms with Gasteiger partial charge in [-0.05, 0) is 35.0 Å². The molecule has 0 aromatic heterocycles. The molecule has 13 heavy (non-hydrogen) atoms. The molecule has 0 bridgehead atoms. The second-order valence-electron chi connectivity index (χ2n) is 2.78. The van der Waals surface area contributed by atoms with Crippen LogP contribution in [-0.2, 0) is 0 Å². The van der Waals surface area contributed by atoms with E-state index < -0.39 is 0 Å². The molecule has 2 rings (SSSR count). The van der Waals surface area contributed by atoms with E-state index in [2.05, 4.69) is 10.6 Å². The summed E-state index contributed by atoms with van der Waals surface area (Å²) in [5.41, 5.74) is 0. The summed E-state index contributed by atoms with van der Waals surface area (Å²) in [6, 6.07) is 11.6. The average molecular weight is 284 g/mol. The van der Waals surface area contributed by atoms with Crippen LogP contribution in [0.3, 0.4) is 0 Å². The van der Waals surface area contributed by atoms with Crippen LogP contribution in [0.15, 0.2) is 36.4 Å².